The molecule has 0 aliphatic heterocycles. The van der Waals surface area contributed by atoms with Gasteiger partial charge in [-0.2, -0.15) is 0 Å². The average Bonchev–Trinajstić information content (AvgIpc) is 3.44. The molecule has 4 aromatic carbocycles. The molecule has 0 bridgehead atoms. The summed E-state index contributed by atoms with van der Waals surface area (Å²) < 4.78 is 31.8. The largest absolute Gasteiger partial charge is 0.391 e. The highest BCUT2D eigenvalue weighted by atomic mass is 32.2. The highest BCUT2D eigenvalue weighted by Gasteiger charge is 2.35. The smallest absolute Gasteiger partial charge is 0.251 e. The Bertz CT molecular complexity index is 1890. The van der Waals surface area contributed by atoms with E-state index in [1.54, 1.807) is 0 Å². The number of anilines is 1. The summed E-state index contributed by atoms with van der Waals surface area (Å²) in [4.78, 5) is 27.1. The van der Waals surface area contributed by atoms with E-state index in [1.807, 2.05) is 91.9 Å². The van der Waals surface area contributed by atoms with Crippen LogP contribution in [0.3, 0.4) is 0 Å². The second-order valence-electron chi connectivity index (χ2n) is 12.8. The molecule has 4 atom stereocenters. The molecule has 5 N–H and O–H groups in total. The number of aliphatic hydroxyl groups is 2. The van der Waals surface area contributed by atoms with Gasteiger partial charge in [0.15, 0.2) is 0 Å². The number of amides is 2. The van der Waals surface area contributed by atoms with Gasteiger partial charge >= 0.3 is 0 Å². The molecule has 2 amide bonds. The molecule has 1 unspecified atom stereocenters. The standard InChI is InChI=1S/C38H44N4O7S/c1-26(28-14-8-5-9-15-28)41-37(45)31-18-30(19-32(20-31)42(2)50(3,47)48)36(44)40-24-38(46,25-49-22-27-12-6-4-7-13-27)23-39-35-33-17-11-10-16-29(33)21-34(35)43/h4-20,26,34-35,39,43,46H,21-25H2,1-3H3,(H,40,44)(H,41,45)/t26-,34-,35+,38?/m1/s1. The van der Waals surface area contributed by atoms with Crippen LogP contribution in [0.15, 0.2) is 103 Å². The maximum Gasteiger partial charge on any atom is 0.251 e. The van der Waals surface area contributed by atoms with Crippen molar-refractivity contribution in [1.82, 2.24) is 16.0 Å². The second-order valence-corrected chi connectivity index (χ2v) is 14.8. The van der Waals surface area contributed by atoms with E-state index >= 15 is 0 Å². The normalized spacial score (nSPS) is 17.3. The fourth-order valence-electron chi connectivity index (χ4n) is 5.92. The Morgan fingerprint density at radius 2 is 1.54 bits per heavy atom. The molecule has 0 fully saturated rings. The number of carbonyl (C=O) groups is 2. The van der Waals surface area contributed by atoms with Crippen molar-refractivity contribution in [3.05, 3.63) is 137 Å². The number of hydrogen-bond acceptors (Lipinski definition) is 8. The molecule has 1 aliphatic rings. The minimum absolute atomic E-state index is 0.0242. The van der Waals surface area contributed by atoms with Gasteiger partial charge in [0.2, 0.25) is 10.0 Å². The lowest BCUT2D eigenvalue weighted by molar-refractivity contribution is -0.0512. The SMILES string of the molecule is C[C@@H](NC(=O)c1cc(C(=O)NCC(O)(CN[C@H]2c3ccccc3C[C@H]2O)COCc2ccccc2)cc(N(C)S(C)(=O)=O)c1)c1ccccc1. The molecule has 0 heterocycles. The maximum absolute atomic E-state index is 13.7. The quantitative estimate of drug-likeness (QED) is 0.126. The summed E-state index contributed by atoms with van der Waals surface area (Å²) in [5.41, 5.74) is 2.36. The molecule has 0 spiro atoms. The van der Waals surface area contributed by atoms with Gasteiger partial charge < -0.3 is 30.9 Å². The Labute approximate surface area is 293 Å². The van der Waals surface area contributed by atoms with E-state index < -0.39 is 39.6 Å². The molecule has 0 radical (unpaired) electrons. The van der Waals surface area contributed by atoms with Gasteiger partial charge in [0.05, 0.1) is 49.9 Å². The molecule has 12 heteroatoms. The lowest BCUT2D eigenvalue weighted by atomic mass is 10.0. The minimum atomic E-state index is -3.73. The predicted molar refractivity (Wildman–Crippen MR) is 192 cm³/mol. The van der Waals surface area contributed by atoms with Crippen LogP contribution in [-0.2, 0) is 27.8 Å². The van der Waals surface area contributed by atoms with Crippen molar-refractivity contribution >= 4 is 27.5 Å². The average molecular weight is 701 g/mol. The number of rotatable bonds is 15. The van der Waals surface area contributed by atoms with Gasteiger partial charge in [0.1, 0.15) is 5.60 Å². The van der Waals surface area contributed by atoms with Crippen molar-refractivity contribution < 1.29 is 33.0 Å². The fourth-order valence-corrected chi connectivity index (χ4v) is 6.40. The van der Waals surface area contributed by atoms with Gasteiger partial charge in [-0.05, 0) is 47.4 Å². The second kappa shape index (κ2) is 16.0. The molecular formula is C38H44N4O7S. The zero-order valence-electron chi connectivity index (χ0n) is 28.4. The number of aliphatic hydroxyl groups excluding tert-OH is 1. The van der Waals surface area contributed by atoms with E-state index in [0.717, 1.165) is 32.8 Å². The third-order valence-electron chi connectivity index (χ3n) is 8.87. The molecule has 0 saturated carbocycles. The molecular weight excluding hydrogens is 657 g/mol. The maximum atomic E-state index is 13.7. The van der Waals surface area contributed by atoms with Crippen LogP contribution in [0.4, 0.5) is 5.69 Å². The van der Waals surface area contributed by atoms with Gasteiger partial charge in [-0.3, -0.25) is 13.9 Å². The summed E-state index contributed by atoms with van der Waals surface area (Å²) in [7, 11) is -2.39. The highest BCUT2D eigenvalue weighted by molar-refractivity contribution is 7.92. The third-order valence-corrected chi connectivity index (χ3v) is 10.1. The summed E-state index contributed by atoms with van der Waals surface area (Å²) in [6.45, 7) is 1.62. The molecule has 4 aromatic rings. The van der Waals surface area contributed by atoms with E-state index in [-0.39, 0.29) is 49.2 Å². The number of benzene rings is 4. The van der Waals surface area contributed by atoms with Crippen molar-refractivity contribution in [1.29, 1.82) is 0 Å². The summed E-state index contributed by atoms with van der Waals surface area (Å²) in [6.07, 6.45) is 0.811. The topological polar surface area (TPSA) is 157 Å². The van der Waals surface area contributed by atoms with Crippen LogP contribution in [0, 0.1) is 0 Å². The van der Waals surface area contributed by atoms with Gasteiger partial charge in [0.25, 0.3) is 11.8 Å². The highest BCUT2D eigenvalue weighted by Crippen LogP contribution is 2.31. The summed E-state index contributed by atoms with van der Waals surface area (Å²) in [5.74, 6) is -1.13. The first-order valence-electron chi connectivity index (χ1n) is 16.4. The molecule has 0 aromatic heterocycles. The Hall–Kier alpha value is -4.59. The van der Waals surface area contributed by atoms with Crippen LogP contribution >= 0.6 is 0 Å². The minimum Gasteiger partial charge on any atom is -0.391 e. The van der Waals surface area contributed by atoms with E-state index in [0.29, 0.717) is 6.42 Å². The molecule has 1 aliphatic carbocycles. The van der Waals surface area contributed by atoms with Crippen LogP contribution in [0.5, 0.6) is 0 Å². The fraction of sp³-hybridized carbons (Fsp3) is 0.316. The molecule has 50 heavy (non-hydrogen) atoms. The zero-order chi connectivity index (χ0) is 35.9. The Morgan fingerprint density at radius 1 is 0.920 bits per heavy atom. The number of fused-ring (bicyclic) bond motifs is 1. The summed E-state index contributed by atoms with van der Waals surface area (Å²) in [5, 5.41) is 31.6. The molecule has 0 saturated heterocycles. The van der Waals surface area contributed by atoms with Crippen molar-refractivity contribution in [2.45, 2.75) is 43.7 Å². The lowest BCUT2D eigenvalue weighted by Crippen LogP contribution is -2.54. The summed E-state index contributed by atoms with van der Waals surface area (Å²) >= 11 is 0. The zero-order valence-corrected chi connectivity index (χ0v) is 29.2. The first-order chi connectivity index (χ1) is 23.8. The van der Waals surface area contributed by atoms with Crippen molar-refractivity contribution in [2.24, 2.45) is 0 Å². The van der Waals surface area contributed by atoms with Gasteiger partial charge in [-0.1, -0.05) is 84.9 Å². The Morgan fingerprint density at radius 3 is 2.22 bits per heavy atom. The van der Waals surface area contributed by atoms with Crippen molar-refractivity contribution in [2.75, 3.05) is 37.3 Å². The Kier molecular flexibility index (Phi) is 11.7. The predicted octanol–water partition coefficient (Wildman–Crippen LogP) is 3.50. The number of hydrogen-bond donors (Lipinski definition) is 5. The number of sulfonamides is 1. The van der Waals surface area contributed by atoms with Crippen molar-refractivity contribution in [3.8, 4) is 0 Å². The lowest BCUT2D eigenvalue weighted by Gasteiger charge is -2.31. The number of nitrogens with one attached hydrogen (secondary N) is 3. The monoisotopic (exact) mass is 700 g/mol. The van der Waals surface area contributed by atoms with Crippen LogP contribution in [0.2, 0.25) is 0 Å². The van der Waals surface area contributed by atoms with Crippen molar-refractivity contribution in [3.63, 3.8) is 0 Å². The molecule has 5 rings (SSSR count). The molecule has 264 valence electrons. The van der Waals surface area contributed by atoms with E-state index in [1.165, 1.54) is 25.2 Å². The van der Waals surface area contributed by atoms with E-state index in [2.05, 4.69) is 16.0 Å². The summed E-state index contributed by atoms with van der Waals surface area (Å²) in [6, 6.07) is 29.9. The van der Waals surface area contributed by atoms with Gasteiger partial charge in [-0.15, -0.1) is 0 Å². The Balaban J connectivity index is 1.35. The molecule has 11 nitrogen and oxygen atoms in total. The number of carbonyl (C=O) groups excluding carboxylic acids is 2. The van der Waals surface area contributed by atoms with Crippen LogP contribution in [0.1, 0.15) is 62.0 Å². The van der Waals surface area contributed by atoms with E-state index in [4.69, 9.17) is 4.74 Å². The number of nitrogens with zero attached hydrogens (tertiary/aromatic N) is 1. The first-order valence-corrected chi connectivity index (χ1v) is 18.2. The van der Waals surface area contributed by atoms with E-state index in [9.17, 15) is 28.2 Å². The van der Waals surface area contributed by atoms with Gasteiger partial charge in [-0.25, -0.2) is 8.42 Å². The first kappa shape index (κ1) is 36.7. The van der Waals surface area contributed by atoms with Crippen LogP contribution < -0.4 is 20.3 Å². The van der Waals surface area contributed by atoms with Gasteiger partial charge in [0, 0.05) is 31.1 Å². The number of ether oxygens (including phenoxy) is 1. The third kappa shape index (κ3) is 9.34. The van der Waals surface area contributed by atoms with Crippen LogP contribution in [0.25, 0.3) is 0 Å². The van der Waals surface area contributed by atoms with Crippen LogP contribution in [-0.4, -0.2) is 75.2 Å².